The maximum atomic E-state index is 13.7. The molecule has 6 aromatic rings. The van der Waals surface area contributed by atoms with Crippen molar-refractivity contribution in [2.75, 3.05) is 40.2 Å². The highest BCUT2D eigenvalue weighted by molar-refractivity contribution is 7.98. The second kappa shape index (κ2) is 69.4. The fourth-order valence-corrected chi connectivity index (χ4v) is 13.1. The van der Waals surface area contributed by atoms with Gasteiger partial charge in [-0.1, -0.05) is 126 Å². The van der Waals surface area contributed by atoms with Gasteiger partial charge in [-0.25, -0.2) is 43.2 Å². The van der Waals surface area contributed by atoms with Crippen LogP contribution in [0.1, 0.15) is 209 Å². The van der Waals surface area contributed by atoms with E-state index in [0.29, 0.717) is 42.0 Å². The number of pyridine rings is 2. The Kier molecular flexibility index (Phi) is 60.8. The van der Waals surface area contributed by atoms with Crippen LogP contribution in [-0.4, -0.2) is 265 Å². The summed E-state index contributed by atoms with van der Waals surface area (Å²) < 4.78 is 13.3. The number of hydrogen-bond donors (Lipinski definition) is 20. The average molecular weight is 2000 g/mol. The van der Waals surface area contributed by atoms with Crippen molar-refractivity contribution >= 4 is 142 Å². The first-order valence-corrected chi connectivity index (χ1v) is 46.3. The van der Waals surface area contributed by atoms with Gasteiger partial charge in [0.25, 0.3) is 17.7 Å². The molecule has 2 aromatic heterocycles. The third kappa shape index (κ3) is 51.5. The summed E-state index contributed by atoms with van der Waals surface area (Å²) in [4.78, 5) is 249. The Morgan fingerprint density at radius 2 is 0.681 bits per heavy atom. The summed E-state index contributed by atoms with van der Waals surface area (Å²) in [5.41, 5.74) is 5.40. The molecule has 772 valence electrons. The molecule has 12 amide bonds. The molecule has 0 bridgehead atoms. The van der Waals surface area contributed by atoms with E-state index < -0.39 is 181 Å². The van der Waals surface area contributed by atoms with Crippen molar-refractivity contribution in [3.05, 3.63) is 178 Å². The molecule has 2 heterocycles. The molecule has 45 nitrogen and oxygen atoms in total. The Balaban J connectivity index is 0.00000123. The fourth-order valence-electron chi connectivity index (χ4n) is 12.1. The van der Waals surface area contributed by atoms with Crippen LogP contribution in [-0.2, 0) is 100 Å². The molecule has 6 rings (SSSR count). The number of esters is 3. The molecule has 0 saturated heterocycles. The zero-order valence-electron chi connectivity index (χ0n) is 80.6. The van der Waals surface area contributed by atoms with Crippen molar-refractivity contribution in [1.82, 2.24) is 73.8 Å². The lowest BCUT2D eigenvalue weighted by atomic mass is 10.0. The van der Waals surface area contributed by atoms with E-state index in [-0.39, 0.29) is 119 Å². The van der Waals surface area contributed by atoms with E-state index in [1.54, 1.807) is 32.0 Å². The van der Waals surface area contributed by atoms with Crippen LogP contribution in [0.25, 0.3) is 10.8 Å². The van der Waals surface area contributed by atoms with Gasteiger partial charge in [-0.2, -0.15) is 11.8 Å². The number of aromatic nitrogens is 2. The summed E-state index contributed by atoms with van der Waals surface area (Å²) in [5, 5.41) is 105. The molecule has 0 aliphatic heterocycles. The van der Waals surface area contributed by atoms with Crippen molar-refractivity contribution in [1.29, 1.82) is 0 Å². The first-order chi connectivity index (χ1) is 67.1. The summed E-state index contributed by atoms with van der Waals surface area (Å²) in [6, 6.07) is 18.3. The van der Waals surface area contributed by atoms with Crippen LogP contribution in [0, 0.1) is 20.8 Å². The lowest BCUT2D eigenvalue weighted by molar-refractivity contribution is -0.144. The number of amides is 12. The van der Waals surface area contributed by atoms with Crippen LogP contribution < -0.4 is 63.8 Å². The second-order valence-electron chi connectivity index (χ2n) is 30.2. The van der Waals surface area contributed by atoms with Gasteiger partial charge in [0.15, 0.2) is 0 Å². The van der Waals surface area contributed by atoms with E-state index in [4.69, 9.17) is 10.2 Å². The topological polar surface area (TPSA) is 701 Å². The Morgan fingerprint density at radius 1 is 0.326 bits per heavy atom. The number of methoxy groups -OCH3 is 3. The first kappa shape index (κ1) is 124. The Hall–Kier alpha value is -15.4. The number of fused-ring (bicyclic) bond motifs is 1. The molecule has 46 heteroatoms. The van der Waals surface area contributed by atoms with Crippen molar-refractivity contribution in [3.8, 4) is 0 Å². The summed E-state index contributed by atoms with van der Waals surface area (Å²) in [6.45, 7) is 17.7. The van der Waals surface area contributed by atoms with Gasteiger partial charge >= 0.3 is 83.8 Å². The Bertz CT molecular complexity index is 5070. The maximum Gasteiger partial charge on any atom is 0.327 e. The molecule has 0 radical (unpaired) electrons. The molecule has 20 N–H and O–H groups in total. The van der Waals surface area contributed by atoms with Crippen molar-refractivity contribution in [2.45, 2.75) is 238 Å². The highest BCUT2D eigenvalue weighted by Gasteiger charge is 2.33. The van der Waals surface area contributed by atoms with E-state index in [9.17, 15) is 127 Å². The first-order valence-electron chi connectivity index (χ1n) is 45.1. The molecule has 4 aromatic carbocycles. The molecule has 0 aliphatic rings. The summed E-state index contributed by atoms with van der Waals surface area (Å²) in [7, 11) is 3.44. The largest absolute Gasteiger partial charge is 0.481 e. The molecule has 9 atom stereocenters. The van der Waals surface area contributed by atoms with Crippen molar-refractivity contribution in [3.63, 3.8) is 0 Å². The Morgan fingerprint density at radius 3 is 1.09 bits per heavy atom. The second-order valence-corrected chi connectivity index (χ2v) is 31.3. The summed E-state index contributed by atoms with van der Waals surface area (Å²) in [6.07, 6.45) is 0.928. The van der Waals surface area contributed by atoms with E-state index in [2.05, 4.69) is 88.0 Å². The van der Waals surface area contributed by atoms with Crippen molar-refractivity contribution in [2.24, 2.45) is 0 Å². The van der Waals surface area contributed by atoms with E-state index in [1.165, 1.54) is 61.6 Å². The molecular formula is C95H130N14O31S. The number of carbonyl (C=O) groups is 20. The van der Waals surface area contributed by atoms with Crippen LogP contribution in [0.15, 0.2) is 128 Å². The minimum absolute atomic E-state index is 0.0468. The Labute approximate surface area is 818 Å². The number of urea groups is 3. The number of carboxylic acid groups (broad SMARTS) is 8. The van der Waals surface area contributed by atoms with Gasteiger partial charge < -0.3 is 119 Å². The average Bonchev–Trinajstić information content (AvgIpc) is 0.829. The number of rotatable bonds is 54. The van der Waals surface area contributed by atoms with Crippen LogP contribution >= 0.6 is 11.8 Å². The fraction of sp³-hybridized carbons (Fsp3) is 0.453. The number of ether oxygens (including phenoxy) is 3. The zero-order valence-corrected chi connectivity index (χ0v) is 81.5. The number of aryl methyl sites for hydroxylation is 3. The molecule has 0 aliphatic carbocycles. The highest BCUT2D eigenvalue weighted by atomic mass is 32.2. The number of aliphatic carboxylic acids is 8. The van der Waals surface area contributed by atoms with Gasteiger partial charge in [0.1, 0.15) is 54.4 Å². The minimum Gasteiger partial charge on any atom is -0.481 e. The van der Waals surface area contributed by atoms with Gasteiger partial charge in [-0.3, -0.25) is 62.7 Å². The number of carboxylic acids is 8. The van der Waals surface area contributed by atoms with Gasteiger partial charge in [0.2, 0.25) is 17.7 Å². The normalized spacial score (nSPS) is 12.2. The number of hydrogen-bond acceptors (Lipinski definition) is 26. The van der Waals surface area contributed by atoms with E-state index in [0.717, 1.165) is 47.4 Å². The molecule has 9 unspecified atom stereocenters. The number of unbranched alkanes of at least 4 members (excludes halogenated alkanes) is 2. The smallest absolute Gasteiger partial charge is 0.327 e. The predicted molar refractivity (Wildman–Crippen MR) is 514 cm³/mol. The van der Waals surface area contributed by atoms with Gasteiger partial charge in [0, 0.05) is 99.0 Å². The summed E-state index contributed by atoms with van der Waals surface area (Å²) in [5.74, 6) is -15.7. The lowest BCUT2D eigenvalue weighted by Gasteiger charge is -2.23. The predicted octanol–water partition coefficient (Wildman–Crippen LogP) is 6.87. The van der Waals surface area contributed by atoms with E-state index in [1.807, 2.05) is 115 Å². The number of thioether (sulfide) groups is 1. The number of carbonyl (C=O) groups excluding carboxylic acids is 12. The maximum absolute atomic E-state index is 13.7. The molecule has 0 fully saturated rings. The van der Waals surface area contributed by atoms with Gasteiger partial charge in [-0.05, 0) is 155 Å². The van der Waals surface area contributed by atoms with E-state index >= 15 is 0 Å². The van der Waals surface area contributed by atoms with Gasteiger partial charge in [-0.15, -0.1) is 0 Å². The molecule has 0 spiro atoms. The van der Waals surface area contributed by atoms with Crippen LogP contribution in [0.4, 0.5) is 14.4 Å². The number of nitrogens with zero attached hydrogens (tertiary/aromatic N) is 2. The molecular weight excluding hydrogens is 1870 g/mol. The van der Waals surface area contributed by atoms with Gasteiger partial charge in [0.05, 0.1) is 32.5 Å². The van der Waals surface area contributed by atoms with Crippen molar-refractivity contribution < 1.29 is 151 Å². The van der Waals surface area contributed by atoms with Crippen LogP contribution in [0.2, 0.25) is 0 Å². The van der Waals surface area contributed by atoms with Crippen LogP contribution in [0.3, 0.4) is 0 Å². The number of benzene rings is 4. The monoisotopic (exact) mass is 1990 g/mol. The third-order valence-electron chi connectivity index (χ3n) is 19.8. The minimum atomic E-state index is -1.49. The third-order valence-corrected chi connectivity index (χ3v) is 20.9. The quantitative estimate of drug-likeness (QED) is 0.0105. The molecule has 0 saturated carbocycles. The molecule has 141 heavy (non-hydrogen) atoms. The highest BCUT2D eigenvalue weighted by Crippen LogP contribution is 2.20. The SMILES string of the molecule is CC.CC.CC.COC(=O)CCC(NC(=O)NC(CCCCNC(=O)C(Cc1ccc2ccccc2c1)NC(=O)c1ccc(CNC(=O)C(CCC(=O)O)NC(=O)C(CCC(=O)O)NC(=O)c2ccc(C)nc2)cc1)C(=O)O)C(=O)O.COC(=O)CCC(NC(=O)NC(CCCCNC(=O)c1ccc(C)nc1)C(=O)O)C(=O)O.COC(=O)CCC(NC(=O)NC(CSCc1ccc(C)cc1)C(=O)O)C(=O)O. The zero-order chi connectivity index (χ0) is 106. The summed E-state index contributed by atoms with van der Waals surface area (Å²) >= 11 is 1.33. The standard InChI is InChI=1S/C51H60N8O16.C20H28N4O8.C18H24N2O7S.3C2H6/c1-29-10-14-35(28-53-29)45(66)55-37(19-22-42(62)63)48(69)56-36(18-21-41(60)61)46(67)54-27-30-11-16-33(17-12-30)44(65)57-40(26-31-13-15-32-7-3-4-8-34(32)25-31)47(68)52-24-6-5-9-38(49(70)71)58-51(74)59-39(50(72)73)20-23-43(64)75-2;1-12-6-7-13(11-22-12)17(26)21-10-4-3-5-14(18(27)28)23-20(31)24-15(19(29)30)8-9-16(25)32-2;1-11-3-5-12(6-4-11)9-28-10-14(17(24)25)20-18(26)19-13(16(22)23)7-8-15(21)27-2;3*1-2/h3-4,7-8,10-17,25,28,36-40H,5-6,9,18-24,26-27H2,1-2H3,(H,52,68)(H,54,67)(H,55,66)(H,56,69)(H,57,65)(H,60,61)(H,62,63)(H,70,71)(H,72,73)(H2,58,59,74);6-7,11,14-15H,3-5,8-10H2,1-2H3,(H,21,26)(H,27,28)(H,29,30)(H2,23,24,31);3-6,13-14H,7-10H2,1-2H3,(H,22,23)(H,24,25)(H2,19,20,26);3*1-2H3. The van der Waals surface area contributed by atoms with Crippen LogP contribution in [0.5, 0.6) is 0 Å². The number of nitrogens with one attached hydrogen (secondary N) is 12. The lowest BCUT2D eigenvalue weighted by Crippen LogP contribution is -2.53.